The molecule has 2 heterocycles. The first-order chi connectivity index (χ1) is 7.33. The van der Waals surface area contributed by atoms with Crippen LogP contribution >= 0.6 is 11.8 Å². The van der Waals surface area contributed by atoms with Crippen molar-refractivity contribution in [1.82, 2.24) is 4.90 Å². The molecule has 0 aromatic heterocycles. The zero-order valence-corrected chi connectivity index (χ0v) is 9.67. The minimum atomic E-state index is 0.0925. The summed E-state index contributed by atoms with van der Waals surface area (Å²) in [6.45, 7) is 1.34. The van der Waals surface area contributed by atoms with Gasteiger partial charge in [-0.1, -0.05) is 0 Å². The summed E-state index contributed by atoms with van der Waals surface area (Å²) in [5.41, 5.74) is 5.68. The zero-order valence-electron chi connectivity index (χ0n) is 8.85. The molecule has 2 aliphatic heterocycles. The number of hydrogen-bond acceptors (Lipinski definition) is 4. The molecule has 86 valence electrons. The van der Waals surface area contributed by atoms with Crippen LogP contribution in [0.1, 0.15) is 12.8 Å². The zero-order chi connectivity index (χ0) is 10.7. The molecule has 2 aliphatic rings. The fourth-order valence-electron chi connectivity index (χ4n) is 2.27. The molecular weight excluding hydrogens is 212 g/mol. The summed E-state index contributed by atoms with van der Waals surface area (Å²) < 4.78 is 5.23. The number of nitrogens with two attached hydrogens (primary N) is 1. The summed E-state index contributed by atoms with van der Waals surface area (Å²) in [5, 5.41) is 0. The Morgan fingerprint density at radius 1 is 1.60 bits per heavy atom. The van der Waals surface area contributed by atoms with Crippen LogP contribution in [0.3, 0.4) is 0 Å². The van der Waals surface area contributed by atoms with Gasteiger partial charge in [-0.05, 0) is 18.6 Å². The number of nitrogens with zero attached hydrogens (tertiary/aromatic N) is 1. The maximum atomic E-state index is 11.8. The number of carbonyl (C=O) groups excluding carboxylic acids is 1. The van der Waals surface area contributed by atoms with Crippen LogP contribution in [0.5, 0.6) is 0 Å². The van der Waals surface area contributed by atoms with E-state index in [4.69, 9.17) is 10.5 Å². The minimum Gasteiger partial charge on any atom is -0.369 e. The standard InChI is InChI=1S/C10H18N2O2S/c11-4-9-5-14-6-10(13)12(9)8-2-1-3-15-7-8/h8-9H,1-7,11H2. The summed E-state index contributed by atoms with van der Waals surface area (Å²) in [5.74, 6) is 2.40. The second-order valence-electron chi connectivity index (χ2n) is 4.08. The molecule has 5 heteroatoms. The molecule has 0 saturated carbocycles. The number of amides is 1. The summed E-state index contributed by atoms with van der Waals surface area (Å²) in [6.07, 6.45) is 2.33. The maximum absolute atomic E-state index is 11.8. The molecule has 2 rings (SSSR count). The lowest BCUT2D eigenvalue weighted by atomic mass is 10.1. The van der Waals surface area contributed by atoms with Crippen molar-refractivity contribution in [2.45, 2.75) is 24.9 Å². The Bertz CT molecular complexity index is 231. The molecular formula is C10H18N2O2S. The van der Waals surface area contributed by atoms with E-state index in [9.17, 15) is 4.79 Å². The first kappa shape index (κ1) is 11.2. The van der Waals surface area contributed by atoms with Crippen LogP contribution in [0.4, 0.5) is 0 Å². The molecule has 2 atom stereocenters. The van der Waals surface area contributed by atoms with Gasteiger partial charge in [0.1, 0.15) is 6.61 Å². The predicted octanol–water partition coefficient (Wildman–Crippen LogP) is 0.0681. The van der Waals surface area contributed by atoms with Gasteiger partial charge in [-0.15, -0.1) is 0 Å². The smallest absolute Gasteiger partial charge is 0.249 e. The highest BCUT2D eigenvalue weighted by molar-refractivity contribution is 7.99. The summed E-state index contributed by atoms with van der Waals surface area (Å²) in [4.78, 5) is 13.8. The van der Waals surface area contributed by atoms with Gasteiger partial charge >= 0.3 is 0 Å². The number of ether oxygens (including phenoxy) is 1. The summed E-state index contributed by atoms with van der Waals surface area (Å²) in [7, 11) is 0. The Hall–Kier alpha value is -0.260. The molecule has 0 spiro atoms. The van der Waals surface area contributed by atoms with Crippen molar-refractivity contribution >= 4 is 17.7 Å². The van der Waals surface area contributed by atoms with Crippen molar-refractivity contribution in [2.75, 3.05) is 31.3 Å². The lowest BCUT2D eigenvalue weighted by molar-refractivity contribution is -0.150. The van der Waals surface area contributed by atoms with Crippen molar-refractivity contribution in [2.24, 2.45) is 5.73 Å². The fraction of sp³-hybridized carbons (Fsp3) is 0.900. The molecule has 2 unspecified atom stereocenters. The summed E-state index contributed by atoms with van der Waals surface area (Å²) in [6, 6.07) is 0.476. The molecule has 2 saturated heterocycles. The van der Waals surface area contributed by atoms with E-state index in [1.54, 1.807) is 0 Å². The first-order valence-electron chi connectivity index (χ1n) is 5.49. The van der Waals surface area contributed by atoms with Crippen LogP contribution in [0.2, 0.25) is 0 Å². The van der Waals surface area contributed by atoms with E-state index in [1.165, 1.54) is 12.2 Å². The Morgan fingerprint density at radius 3 is 3.13 bits per heavy atom. The topological polar surface area (TPSA) is 55.6 Å². The number of hydrogen-bond donors (Lipinski definition) is 1. The van der Waals surface area contributed by atoms with Gasteiger partial charge in [0.25, 0.3) is 0 Å². The molecule has 2 N–H and O–H groups in total. The number of morpholine rings is 1. The van der Waals surface area contributed by atoms with Crippen molar-refractivity contribution in [3.05, 3.63) is 0 Å². The quantitative estimate of drug-likeness (QED) is 0.729. The van der Waals surface area contributed by atoms with Crippen molar-refractivity contribution in [3.8, 4) is 0 Å². The average molecular weight is 230 g/mol. The van der Waals surface area contributed by atoms with Gasteiger partial charge < -0.3 is 15.4 Å². The number of rotatable bonds is 2. The van der Waals surface area contributed by atoms with Gasteiger partial charge in [0.15, 0.2) is 0 Å². The van der Waals surface area contributed by atoms with Crippen LogP contribution in [0, 0.1) is 0 Å². The van der Waals surface area contributed by atoms with E-state index in [-0.39, 0.29) is 18.6 Å². The second kappa shape index (κ2) is 5.18. The van der Waals surface area contributed by atoms with E-state index >= 15 is 0 Å². The van der Waals surface area contributed by atoms with Gasteiger partial charge in [-0.2, -0.15) is 11.8 Å². The van der Waals surface area contributed by atoms with Crippen LogP contribution in [-0.4, -0.2) is 54.2 Å². The highest BCUT2D eigenvalue weighted by Gasteiger charge is 2.34. The van der Waals surface area contributed by atoms with Crippen LogP contribution < -0.4 is 5.73 Å². The van der Waals surface area contributed by atoms with Gasteiger partial charge in [0.2, 0.25) is 5.91 Å². The van der Waals surface area contributed by atoms with Crippen LogP contribution in [-0.2, 0) is 9.53 Å². The van der Waals surface area contributed by atoms with E-state index in [0.29, 0.717) is 19.2 Å². The largest absolute Gasteiger partial charge is 0.369 e. The van der Waals surface area contributed by atoms with Crippen molar-refractivity contribution in [3.63, 3.8) is 0 Å². The van der Waals surface area contributed by atoms with Crippen LogP contribution in [0.25, 0.3) is 0 Å². The molecule has 0 aromatic carbocycles. The van der Waals surface area contributed by atoms with Crippen LogP contribution in [0.15, 0.2) is 0 Å². The van der Waals surface area contributed by atoms with E-state index in [2.05, 4.69) is 0 Å². The normalized spacial score (nSPS) is 33.1. The Labute approximate surface area is 94.5 Å². The van der Waals surface area contributed by atoms with Crippen molar-refractivity contribution in [1.29, 1.82) is 0 Å². The van der Waals surface area contributed by atoms with E-state index in [1.807, 2.05) is 16.7 Å². The van der Waals surface area contributed by atoms with Crippen molar-refractivity contribution < 1.29 is 9.53 Å². The lowest BCUT2D eigenvalue weighted by Crippen LogP contribution is -2.58. The highest BCUT2D eigenvalue weighted by atomic mass is 32.2. The number of carbonyl (C=O) groups is 1. The predicted molar refractivity (Wildman–Crippen MR) is 60.9 cm³/mol. The van der Waals surface area contributed by atoms with Gasteiger partial charge in [0, 0.05) is 18.3 Å². The molecule has 0 radical (unpaired) electrons. The molecule has 4 nitrogen and oxygen atoms in total. The molecule has 15 heavy (non-hydrogen) atoms. The molecule has 0 bridgehead atoms. The fourth-order valence-corrected chi connectivity index (χ4v) is 3.40. The van der Waals surface area contributed by atoms with E-state index < -0.39 is 0 Å². The molecule has 0 aliphatic carbocycles. The Balaban J connectivity index is 2.03. The maximum Gasteiger partial charge on any atom is 0.249 e. The van der Waals surface area contributed by atoms with E-state index in [0.717, 1.165) is 12.2 Å². The SMILES string of the molecule is NCC1COCC(=O)N1C1CCCSC1. The van der Waals surface area contributed by atoms with Gasteiger partial charge in [0.05, 0.1) is 12.6 Å². The first-order valence-corrected chi connectivity index (χ1v) is 6.65. The Morgan fingerprint density at radius 2 is 2.47 bits per heavy atom. The summed E-state index contributed by atoms with van der Waals surface area (Å²) >= 11 is 1.94. The highest BCUT2D eigenvalue weighted by Crippen LogP contribution is 2.24. The van der Waals surface area contributed by atoms with Gasteiger partial charge in [-0.25, -0.2) is 0 Å². The number of thioether (sulfide) groups is 1. The molecule has 2 fully saturated rings. The minimum absolute atomic E-state index is 0.0925. The molecule has 1 amide bonds. The lowest BCUT2D eigenvalue weighted by Gasteiger charge is -2.41. The monoisotopic (exact) mass is 230 g/mol. The van der Waals surface area contributed by atoms with Gasteiger partial charge in [-0.3, -0.25) is 4.79 Å². The third-order valence-corrected chi connectivity index (χ3v) is 4.22. The third kappa shape index (κ3) is 2.46. The third-order valence-electron chi connectivity index (χ3n) is 3.02. The average Bonchev–Trinajstić information content (AvgIpc) is 2.29. The molecule has 0 aromatic rings. The Kier molecular flexibility index (Phi) is 3.88. The second-order valence-corrected chi connectivity index (χ2v) is 5.23.